The number of likely N-dealkylation sites (tertiary alicyclic amines) is 1. The number of nitrogens with zero attached hydrogens (tertiary/aromatic N) is 3. The molecule has 0 unspecified atom stereocenters. The van der Waals surface area contributed by atoms with E-state index in [9.17, 15) is 0 Å². The summed E-state index contributed by atoms with van der Waals surface area (Å²) in [5.41, 5.74) is 2.00. The van der Waals surface area contributed by atoms with E-state index in [-0.39, 0.29) is 11.7 Å². The van der Waals surface area contributed by atoms with Gasteiger partial charge in [-0.2, -0.15) is 0 Å². The SMILES string of the molecule is Cc1cccc(CO[C@H]2CO[C@]3(CCN(Cc4nccs4)C3)C2)n1. The Morgan fingerprint density at radius 3 is 3.25 bits per heavy atom. The summed E-state index contributed by atoms with van der Waals surface area (Å²) in [6.07, 6.45) is 4.11. The Balaban J connectivity index is 1.28. The van der Waals surface area contributed by atoms with E-state index in [0.717, 1.165) is 43.9 Å². The maximum Gasteiger partial charge on any atom is 0.107 e. The van der Waals surface area contributed by atoms with Gasteiger partial charge in [-0.3, -0.25) is 9.88 Å². The topological polar surface area (TPSA) is 47.5 Å². The standard InChI is InChI=1S/C18H23N3O2S/c1-14-3-2-4-15(20-14)11-22-16-9-18(23-12-16)5-7-21(13-18)10-17-19-6-8-24-17/h2-4,6,8,16H,5,7,9-13H2,1H3/t16-,18-/m1/s1. The van der Waals surface area contributed by atoms with Crippen molar-refractivity contribution in [3.8, 4) is 0 Å². The Hall–Kier alpha value is -1.34. The molecule has 1 spiro atoms. The molecule has 2 atom stereocenters. The Labute approximate surface area is 146 Å². The second-order valence-corrected chi connectivity index (χ2v) is 7.77. The highest BCUT2D eigenvalue weighted by molar-refractivity contribution is 7.09. The van der Waals surface area contributed by atoms with Gasteiger partial charge in [0.2, 0.25) is 0 Å². The minimum absolute atomic E-state index is 0.0258. The zero-order valence-corrected chi connectivity index (χ0v) is 14.8. The molecule has 4 heterocycles. The maximum absolute atomic E-state index is 6.17. The molecule has 5 nitrogen and oxygen atoms in total. The van der Waals surface area contributed by atoms with Crippen molar-refractivity contribution in [2.24, 2.45) is 0 Å². The Bertz CT molecular complexity index is 679. The summed E-state index contributed by atoms with van der Waals surface area (Å²) >= 11 is 1.72. The summed E-state index contributed by atoms with van der Waals surface area (Å²) < 4.78 is 12.2. The number of pyridine rings is 1. The van der Waals surface area contributed by atoms with Gasteiger partial charge in [0.15, 0.2) is 0 Å². The van der Waals surface area contributed by atoms with Crippen molar-refractivity contribution in [3.63, 3.8) is 0 Å². The third-order valence-electron chi connectivity index (χ3n) is 4.83. The van der Waals surface area contributed by atoms with Crippen LogP contribution in [0.1, 0.15) is 29.2 Å². The van der Waals surface area contributed by atoms with Crippen molar-refractivity contribution in [2.45, 2.75) is 44.6 Å². The van der Waals surface area contributed by atoms with Crippen LogP contribution in [-0.2, 0) is 22.6 Å². The summed E-state index contributed by atoms with van der Waals surface area (Å²) in [5, 5.41) is 3.22. The lowest BCUT2D eigenvalue weighted by atomic mass is 9.98. The average Bonchev–Trinajstić information content (AvgIpc) is 3.30. The first-order chi connectivity index (χ1) is 11.7. The van der Waals surface area contributed by atoms with Crippen LogP contribution in [0.25, 0.3) is 0 Å². The lowest BCUT2D eigenvalue weighted by molar-refractivity contribution is -0.000807. The van der Waals surface area contributed by atoms with Crippen molar-refractivity contribution in [3.05, 3.63) is 46.2 Å². The van der Waals surface area contributed by atoms with E-state index >= 15 is 0 Å². The van der Waals surface area contributed by atoms with Gasteiger partial charge in [-0.15, -0.1) is 11.3 Å². The van der Waals surface area contributed by atoms with Crippen molar-refractivity contribution in [2.75, 3.05) is 19.7 Å². The molecule has 128 valence electrons. The highest BCUT2D eigenvalue weighted by Crippen LogP contribution is 2.37. The molecule has 0 aromatic carbocycles. The van der Waals surface area contributed by atoms with Gasteiger partial charge in [-0.1, -0.05) is 6.07 Å². The summed E-state index contributed by atoms with van der Waals surface area (Å²) in [4.78, 5) is 11.3. The smallest absolute Gasteiger partial charge is 0.107 e. The minimum atomic E-state index is -0.0258. The minimum Gasteiger partial charge on any atom is -0.371 e. The highest BCUT2D eigenvalue weighted by Gasteiger charge is 2.45. The van der Waals surface area contributed by atoms with Crippen LogP contribution in [-0.4, -0.2) is 46.3 Å². The summed E-state index contributed by atoms with van der Waals surface area (Å²) in [5.74, 6) is 0. The molecule has 6 heteroatoms. The zero-order chi connectivity index (χ0) is 16.4. The molecule has 2 aliphatic rings. The van der Waals surface area contributed by atoms with E-state index in [1.54, 1.807) is 11.3 Å². The van der Waals surface area contributed by atoms with Crippen LogP contribution < -0.4 is 0 Å². The summed E-state index contributed by atoms with van der Waals surface area (Å²) in [6.45, 7) is 6.25. The van der Waals surface area contributed by atoms with Gasteiger partial charge in [0, 0.05) is 36.8 Å². The summed E-state index contributed by atoms with van der Waals surface area (Å²) in [6, 6.07) is 6.05. The van der Waals surface area contributed by atoms with Gasteiger partial charge in [0.1, 0.15) is 5.01 Å². The van der Waals surface area contributed by atoms with Crippen LogP contribution in [0.3, 0.4) is 0 Å². The van der Waals surface area contributed by atoms with E-state index in [0.29, 0.717) is 13.2 Å². The molecule has 0 bridgehead atoms. The second kappa shape index (κ2) is 6.88. The van der Waals surface area contributed by atoms with Gasteiger partial charge in [0.25, 0.3) is 0 Å². The number of thiazole rings is 1. The maximum atomic E-state index is 6.17. The average molecular weight is 345 g/mol. The predicted molar refractivity (Wildman–Crippen MR) is 92.9 cm³/mol. The van der Waals surface area contributed by atoms with Crippen LogP contribution in [0, 0.1) is 6.92 Å². The molecule has 0 radical (unpaired) electrons. The van der Waals surface area contributed by atoms with Crippen LogP contribution >= 0.6 is 11.3 Å². The lowest BCUT2D eigenvalue weighted by Crippen LogP contribution is -2.32. The van der Waals surface area contributed by atoms with E-state index in [4.69, 9.17) is 9.47 Å². The quantitative estimate of drug-likeness (QED) is 0.834. The second-order valence-electron chi connectivity index (χ2n) is 6.79. The molecule has 4 rings (SSSR count). The lowest BCUT2D eigenvalue weighted by Gasteiger charge is -2.23. The van der Waals surface area contributed by atoms with Crippen molar-refractivity contribution in [1.29, 1.82) is 0 Å². The number of ether oxygens (including phenoxy) is 2. The molecule has 2 aromatic rings. The Kier molecular flexibility index (Phi) is 4.63. The first-order valence-electron chi connectivity index (χ1n) is 8.50. The highest BCUT2D eigenvalue weighted by atomic mass is 32.1. The molecule has 2 fully saturated rings. The van der Waals surface area contributed by atoms with E-state index in [1.165, 1.54) is 5.01 Å². The summed E-state index contributed by atoms with van der Waals surface area (Å²) in [7, 11) is 0. The third-order valence-corrected chi connectivity index (χ3v) is 5.59. The molecule has 0 aliphatic carbocycles. The van der Waals surface area contributed by atoms with Gasteiger partial charge in [-0.05, 0) is 25.5 Å². The van der Waals surface area contributed by atoms with Gasteiger partial charge in [0.05, 0.1) is 37.2 Å². The molecular formula is C18H23N3O2S. The third kappa shape index (κ3) is 3.67. The fourth-order valence-corrected chi connectivity index (χ4v) is 4.32. The molecule has 24 heavy (non-hydrogen) atoms. The number of hydrogen-bond acceptors (Lipinski definition) is 6. The van der Waals surface area contributed by atoms with Crippen LogP contribution in [0.15, 0.2) is 29.8 Å². The zero-order valence-electron chi connectivity index (χ0n) is 14.0. The van der Waals surface area contributed by atoms with Gasteiger partial charge >= 0.3 is 0 Å². The van der Waals surface area contributed by atoms with Crippen molar-refractivity contribution in [1.82, 2.24) is 14.9 Å². The van der Waals surface area contributed by atoms with Gasteiger partial charge < -0.3 is 9.47 Å². The fourth-order valence-electron chi connectivity index (χ4n) is 3.66. The number of hydrogen-bond donors (Lipinski definition) is 0. The first-order valence-corrected chi connectivity index (χ1v) is 9.38. The largest absolute Gasteiger partial charge is 0.371 e. The monoisotopic (exact) mass is 345 g/mol. The van der Waals surface area contributed by atoms with Crippen LogP contribution in [0.5, 0.6) is 0 Å². The molecule has 0 N–H and O–H groups in total. The fraction of sp³-hybridized carbons (Fsp3) is 0.556. The molecule has 2 saturated heterocycles. The molecule has 2 aliphatic heterocycles. The molecule has 0 amide bonds. The number of aryl methyl sites for hydroxylation is 1. The van der Waals surface area contributed by atoms with Crippen LogP contribution in [0.4, 0.5) is 0 Å². The Morgan fingerprint density at radius 1 is 1.46 bits per heavy atom. The van der Waals surface area contributed by atoms with Gasteiger partial charge in [-0.25, -0.2) is 4.98 Å². The first kappa shape index (κ1) is 16.1. The molecular weight excluding hydrogens is 322 g/mol. The van der Waals surface area contributed by atoms with E-state index < -0.39 is 0 Å². The normalized spacial score (nSPS) is 27.3. The number of rotatable bonds is 5. The molecule has 2 aromatic heterocycles. The Morgan fingerprint density at radius 2 is 2.42 bits per heavy atom. The van der Waals surface area contributed by atoms with Crippen molar-refractivity contribution < 1.29 is 9.47 Å². The predicted octanol–water partition coefficient (Wildman–Crippen LogP) is 2.80. The van der Waals surface area contributed by atoms with Crippen molar-refractivity contribution >= 4 is 11.3 Å². The molecule has 0 saturated carbocycles. The van der Waals surface area contributed by atoms with E-state index in [2.05, 4.69) is 14.9 Å². The number of aromatic nitrogens is 2. The van der Waals surface area contributed by atoms with Crippen LogP contribution in [0.2, 0.25) is 0 Å². The van der Waals surface area contributed by atoms with E-state index in [1.807, 2.05) is 36.7 Å².